The lowest BCUT2D eigenvalue weighted by molar-refractivity contribution is 0.354. The fourth-order valence-corrected chi connectivity index (χ4v) is 2.60. The van der Waals surface area contributed by atoms with Crippen LogP contribution in [0.2, 0.25) is 0 Å². The van der Waals surface area contributed by atoms with E-state index in [0.29, 0.717) is 28.0 Å². The number of nitrogens with zero attached hydrogens (tertiary/aromatic N) is 1. The van der Waals surface area contributed by atoms with Gasteiger partial charge in [0.25, 0.3) is 0 Å². The second kappa shape index (κ2) is 5.88. The fraction of sp³-hybridized carbons (Fsp3) is 0.308. The number of aromatic nitrogens is 1. The van der Waals surface area contributed by atoms with Crippen molar-refractivity contribution in [3.05, 3.63) is 36.0 Å². The van der Waals surface area contributed by atoms with Gasteiger partial charge in [0, 0.05) is 11.0 Å². The lowest BCUT2D eigenvalue weighted by Gasteiger charge is -2.08. The number of hydrogen-bond acceptors (Lipinski definition) is 5. The molecular weight excluding hydrogens is 266 g/mol. The van der Waals surface area contributed by atoms with Gasteiger partial charge in [-0.2, -0.15) is 0 Å². The Morgan fingerprint density at radius 3 is 2.58 bits per heavy atom. The van der Waals surface area contributed by atoms with Gasteiger partial charge in [-0.15, -0.1) is 0 Å². The molecule has 6 heteroatoms. The Bertz CT molecular complexity index is 594. The standard InChI is InChI=1S/C13H15NO4S/c1-9-7-14-13(18-9)8-19(15)10-4-5-11(16-2)12(6-10)17-3/h4-7H,8H2,1-3H3/t19-/m0/s1. The molecule has 1 aromatic carbocycles. The first-order chi connectivity index (χ1) is 9.13. The second-order valence-corrected chi connectivity index (χ2v) is 5.32. The van der Waals surface area contributed by atoms with Crippen molar-refractivity contribution in [2.75, 3.05) is 14.2 Å². The lowest BCUT2D eigenvalue weighted by Crippen LogP contribution is -1.98. The zero-order valence-corrected chi connectivity index (χ0v) is 11.8. The summed E-state index contributed by atoms with van der Waals surface area (Å²) in [7, 11) is 1.87. The van der Waals surface area contributed by atoms with Crippen LogP contribution in [0.5, 0.6) is 11.5 Å². The van der Waals surface area contributed by atoms with Gasteiger partial charge in [-0.3, -0.25) is 4.21 Å². The average Bonchev–Trinajstić information content (AvgIpc) is 2.83. The third-order valence-corrected chi connectivity index (χ3v) is 3.83. The zero-order valence-electron chi connectivity index (χ0n) is 11.0. The molecule has 0 aliphatic heterocycles. The highest BCUT2D eigenvalue weighted by Crippen LogP contribution is 2.29. The molecule has 19 heavy (non-hydrogen) atoms. The maximum absolute atomic E-state index is 12.2. The average molecular weight is 281 g/mol. The van der Waals surface area contributed by atoms with E-state index >= 15 is 0 Å². The summed E-state index contributed by atoms with van der Waals surface area (Å²) < 4.78 is 27.8. The van der Waals surface area contributed by atoms with Gasteiger partial charge in [-0.1, -0.05) is 0 Å². The van der Waals surface area contributed by atoms with Crippen molar-refractivity contribution >= 4 is 10.8 Å². The van der Waals surface area contributed by atoms with E-state index in [0.717, 1.165) is 0 Å². The number of oxazole rings is 1. The predicted octanol–water partition coefficient (Wildman–Crippen LogP) is 2.31. The molecule has 0 saturated carbocycles. The molecule has 0 amide bonds. The third-order valence-electron chi connectivity index (χ3n) is 2.54. The molecule has 102 valence electrons. The SMILES string of the molecule is COc1ccc([S@@](=O)Cc2ncc(C)o2)cc1OC. The molecule has 0 saturated heterocycles. The highest BCUT2D eigenvalue weighted by Gasteiger charge is 2.12. The van der Waals surface area contributed by atoms with E-state index in [-0.39, 0.29) is 5.75 Å². The van der Waals surface area contributed by atoms with Gasteiger partial charge in [0.05, 0.1) is 31.2 Å². The number of rotatable bonds is 5. The van der Waals surface area contributed by atoms with Crippen LogP contribution in [0.3, 0.4) is 0 Å². The summed E-state index contributed by atoms with van der Waals surface area (Å²) in [6.45, 7) is 1.80. The third kappa shape index (κ3) is 3.14. The Balaban J connectivity index is 2.19. The van der Waals surface area contributed by atoms with E-state index < -0.39 is 10.8 Å². The number of benzene rings is 1. The zero-order chi connectivity index (χ0) is 13.8. The minimum Gasteiger partial charge on any atom is -0.493 e. The molecule has 0 unspecified atom stereocenters. The van der Waals surface area contributed by atoms with Gasteiger partial charge < -0.3 is 13.9 Å². The van der Waals surface area contributed by atoms with Crippen LogP contribution in [0, 0.1) is 6.92 Å². The highest BCUT2D eigenvalue weighted by atomic mass is 32.2. The maximum Gasteiger partial charge on any atom is 0.207 e. The number of methoxy groups -OCH3 is 2. The van der Waals surface area contributed by atoms with Gasteiger partial charge in [0.2, 0.25) is 5.89 Å². The largest absolute Gasteiger partial charge is 0.493 e. The molecule has 1 heterocycles. The van der Waals surface area contributed by atoms with E-state index in [1.54, 1.807) is 45.5 Å². The van der Waals surface area contributed by atoms with Crippen LogP contribution in [0.25, 0.3) is 0 Å². The summed E-state index contributed by atoms with van der Waals surface area (Å²) >= 11 is 0. The molecular formula is C13H15NO4S. The molecule has 0 aliphatic rings. The Labute approximate surface area is 114 Å². The van der Waals surface area contributed by atoms with Crippen LogP contribution < -0.4 is 9.47 Å². The maximum atomic E-state index is 12.2. The Hall–Kier alpha value is -1.82. The summed E-state index contributed by atoms with van der Waals surface area (Å²) in [5.74, 6) is 2.57. The van der Waals surface area contributed by atoms with Crippen LogP contribution >= 0.6 is 0 Å². The molecule has 2 rings (SSSR count). The lowest BCUT2D eigenvalue weighted by atomic mass is 10.3. The molecule has 5 nitrogen and oxygen atoms in total. The quantitative estimate of drug-likeness (QED) is 0.841. The van der Waals surface area contributed by atoms with Crippen molar-refractivity contribution in [3.8, 4) is 11.5 Å². The first-order valence-electron chi connectivity index (χ1n) is 5.65. The van der Waals surface area contributed by atoms with Crippen molar-refractivity contribution in [3.63, 3.8) is 0 Å². The summed E-state index contributed by atoms with van der Waals surface area (Å²) in [4.78, 5) is 4.69. The minimum absolute atomic E-state index is 0.239. The van der Waals surface area contributed by atoms with Crippen molar-refractivity contribution in [1.82, 2.24) is 4.98 Å². The first kappa shape index (κ1) is 13.6. The highest BCUT2D eigenvalue weighted by molar-refractivity contribution is 7.84. The summed E-state index contributed by atoms with van der Waals surface area (Å²) in [6, 6.07) is 5.17. The van der Waals surface area contributed by atoms with Crippen LogP contribution in [-0.2, 0) is 16.6 Å². The summed E-state index contributed by atoms with van der Waals surface area (Å²) in [5, 5.41) is 0. The minimum atomic E-state index is -1.23. The molecule has 1 aromatic heterocycles. The molecule has 0 bridgehead atoms. The number of hydrogen-bond donors (Lipinski definition) is 0. The number of ether oxygens (including phenoxy) is 2. The van der Waals surface area contributed by atoms with Gasteiger partial charge in [-0.05, 0) is 19.1 Å². The molecule has 0 radical (unpaired) electrons. The van der Waals surface area contributed by atoms with Crippen molar-refractivity contribution in [1.29, 1.82) is 0 Å². The molecule has 0 fully saturated rings. The second-order valence-electron chi connectivity index (χ2n) is 3.87. The van der Waals surface area contributed by atoms with Crippen molar-refractivity contribution in [2.24, 2.45) is 0 Å². The van der Waals surface area contributed by atoms with Crippen LogP contribution in [0.4, 0.5) is 0 Å². The monoisotopic (exact) mass is 281 g/mol. The summed E-state index contributed by atoms with van der Waals surface area (Å²) in [5.41, 5.74) is 0. The molecule has 0 spiro atoms. The van der Waals surface area contributed by atoms with Gasteiger partial charge in [0.1, 0.15) is 11.5 Å². The Kier molecular flexibility index (Phi) is 4.21. The van der Waals surface area contributed by atoms with E-state index in [4.69, 9.17) is 13.9 Å². The van der Waals surface area contributed by atoms with Gasteiger partial charge >= 0.3 is 0 Å². The molecule has 2 aromatic rings. The first-order valence-corrected chi connectivity index (χ1v) is 6.97. The predicted molar refractivity (Wildman–Crippen MR) is 70.9 cm³/mol. The molecule has 0 aliphatic carbocycles. The van der Waals surface area contributed by atoms with E-state index in [1.165, 1.54) is 0 Å². The topological polar surface area (TPSA) is 61.6 Å². The van der Waals surface area contributed by atoms with Gasteiger partial charge in [-0.25, -0.2) is 4.98 Å². The van der Waals surface area contributed by atoms with E-state index in [2.05, 4.69) is 4.98 Å². The molecule has 1 atom stereocenters. The van der Waals surface area contributed by atoms with Crippen molar-refractivity contribution < 1.29 is 18.1 Å². The number of aryl methyl sites for hydroxylation is 1. The normalized spacial score (nSPS) is 12.2. The smallest absolute Gasteiger partial charge is 0.207 e. The van der Waals surface area contributed by atoms with E-state index in [9.17, 15) is 4.21 Å². The van der Waals surface area contributed by atoms with Crippen molar-refractivity contribution in [2.45, 2.75) is 17.6 Å². The fourth-order valence-electron chi connectivity index (χ4n) is 1.62. The summed E-state index contributed by atoms with van der Waals surface area (Å²) in [6.07, 6.45) is 1.61. The Morgan fingerprint density at radius 1 is 1.26 bits per heavy atom. The Morgan fingerprint density at radius 2 is 2.00 bits per heavy atom. The van der Waals surface area contributed by atoms with Crippen LogP contribution in [0.15, 0.2) is 33.7 Å². The van der Waals surface area contributed by atoms with Crippen LogP contribution in [0.1, 0.15) is 11.7 Å². The van der Waals surface area contributed by atoms with Gasteiger partial charge in [0.15, 0.2) is 11.5 Å². The van der Waals surface area contributed by atoms with E-state index in [1.807, 2.05) is 0 Å². The van der Waals surface area contributed by atoms with Crippen LogP contribution in [-0.4, -0.2) is 23.4 Å². The molecule has 0 N–H and O–H groups in total.